The van der Waals surface area contributed by atoms with Crippen molar-refractivity contribution in [3.05, 3.63) is 65.2 Å². The van der Waals surface area contributed by atoms with Crippen LogP contribution < -0.4 is 10.5 Å². The Kier molecular flexibility index (Phi) is 4.90. The predicted molar refractivity (Wildman–Crippen MR) is 86.3 cm³/mol. The van der Waals surface area contributed by atoms with Crippen LogP contribution in [-0.4, -0.2) is 8.07 Å². The van der Waals surface area contributed by atoms with E-state index in [0.717, 1.165) is 6.07 Å². The third kappa shape index (κ3) is 4.48. The molecule has 4 heteroatoms. The van der Waals surface area contributed by atoms with E-state index in [9.17, 15) is 8.78 Å². The van der Waals surface area contributed by atoms with Crippen LogP contribution in [0.2, 0.25) is 19.6 Å². The molecule has 2 rings (SSSR count). The van der Waals surface area contributed by atoms with Gasteiger partial charge in [0, 0.05) is 24.7 Å². The zero-order valence-electron chi connectivity index (χ0n) is 12.7. The molecule has 1 nitrogen and oxygen atoms in total. The van der Waals surface area contributed by atoms with Crippen LogP contribution in [0.5, 0.6) is 0 Å². The Morgan fingerprint density at radius 2 is 1.57 bits per heavy atom. The van der Waals surface area contributed by atoms with Crippen LogP contribution in [0.3, 0.4) is 0 Å². The molecule has 0 atom stereocenters. The number of hydrogen-bond donors (Lipinski definition) is 1. The first-order valence-corrected chi connectivity index (χ1v) is 10.6. The van der Waals surface area contributed by atoms with E-state index < -0.39 is 19.7 Å². The highest BCUT2D eigenvalue weighted by Crippen LogP contribution is 2.10. The summed E-state index contributed by atoms with van der Waals surface area (Å²) in [6.45, 7) is 8.01. The van der Waals surface area contributed by atoms with Gasteiger partial charge in [-0.15, -0.1) is 0 Å². The number of nitrogens with one attached hydrogen (secondary N) is 1. The molecule has 0 aliphatic rings. The molecule has 0 bridgehead atoms. The lowest BCUT2D eigenvalue weighted by Crippen LogP contribution is -2.37. The SMILES string of the molecule is C[Si](C)(C)c1ccc(CNCc2ccc(F)cc2F)cc1. The van der Waals surface area contributed by atoms with Gasteiger partial charge in [0.25, 0.3) is 0 Å². The number of benzene rings is 2. The molecule has 0 saturated carbocycles. The first-order valence-electron chi connectivity index (χ1n) is 7.10. The minimum Gasteiger partial charge on any atom is -0.309 e. The Morgan fingerprint density at radius 3 is 2.14 bits per heavy atom. The highest BCUT2D eigenvalue weighted by molar-refractivity contribution is 6.88. The number of rotatable bonds is 5. The Morgan fingerprint density at radius 1 is 0.905 bits per heavy atom. The van der Waals surface area contributed by atoms with Gasteiger partial charge in [-0.3, -0.25) is 0 Å². The number of hydrogen-bond acceptors (Lipinski definition) is 1. The minimum atomic E-state index is -1.26. The molecule has 0 aliphatic carbocycles. The molecule has 0 aromatic heterocycles. The Balaban J connectivity index is 1.91. The molecule has 0 spiro atoms. The van der Waals surface area contributed by atoms with Crippen LogP contribution in [0.1, 0.15) is 11.1 Å². The van der Waals surface area contributed by atoms with Gasteiger partial charge >= 0.3 is 0 Å². The summed E-state index contributed by atoms with van der Waals surface area (Å²) in [6, 6.07) is 12.3. The molecule has 0 amide bonds. The van der Waals surface area contributed by atoms with E-state index in [4.69, 9.17) is 0 Å². The van der Waals surface area contributed by atoms with Crippen LogP contribution in [0.4, 0.5) is 8.78 Å². The number of halogens is 2. The lowest BCUT2D eigenvalue weighted by Gasteiger charge is -2.16. The molecule has 1 N–H and O–H groups in total. The topological polar surface area (TPSA) is 12.0 Å². The molecular weight excluding hydrogens is 284 g/mol. The fourth-order valence-electron chi connectivity index (χ4n) is 2.13. The molecule has 2 aromatic rings. The standard InChI is InChI=1S/C17H21F2NSi/c1-21(2,3)16-8-4-13(5-9-16)11-20-12-14-6-7-15(18)10-17(14)19/h4-10,20H,11-12H2,1-3H3. The highest BCUT2D eigenvalue weighted by atomic mass is 28.3. The van der Waals surface area contributed by atoms with Gasteiger partial charge in [-0.05, 0) is 11.6 Å². The van der Waals surface area contributed by atoms with Crippen LogP contribution in [-0.2, 0) is 13.1 Å². The monoisotopic (exact) mass is 305 g/mol. The summed E-state index contributed by atoms with van der Waals surface area (Å²) in [5.74, 6) is -1.05. The van der Waals surface area contributed by atoms with Crippen molar-refractivity contribution < 1.29 is 8.78 Å². The van der Waals surface area contributed by atoms with Crippen LogP contribution in [0, 0.1) is 11.6 Å². The Labute approximate surface area is 126 Å². The zero-order valence-corrected chi connectivity index (χ0v) is 13.7. The molecule has 0 heterocycles. The van der Waals surface area contributed by atoms with Crippen molar-refractivity contribution in [3.63, 3.8) is 0 Å². The molecule has 0 fully saturated rings. The third-order valence-corrected chi connectivity index (χ3v) is 5.55. The second kappa shape index (κ2) is 6.50. The van der Waals surface area contributed by atoms with E-state index in [-0.39, 0.29) is 0 Å². The molecule has 0 saturated heterocycles. The van der Waals surface area contributed by atoms with Crippen molar-refractivity contribution in [2.45, 2.75) is 32.7 Å². The first kappa shape index (κ1) is 15.9. The van der Waals surface area contributed by atoms with Gasteiger partial charge in [-0.2, -0.15) is 0 Å². The molecule has 0 aliphatic heterocycles. The van der Waals surface area contributed by atoms with E-state index in [2.05, 4.69) is 49.2 Å². The van der Waals surface area contributed by atoms with Gasteiger partial charge in [-0.1, -0.05) is 55.2 Å². The summed E-state index contributed by atoms with van der Waals surface area (Å²) in [5.41, 5.74) is 1.65. The van der Waals surface area contributed by atoms with Crippen LogP contribution in [0.25, 0.3) is 0 Å². The smallest absolute Gasteiger partial charge is 0.130 e. The highest BCUT2D eigenvalue weighted by Gasteiger charge is 2.15. The lowest BCUT2D eigenvalue weighted by atomic mass is 10.2. The second-order valence-electron chi connectivity index (χ2n) is 6.29. The van der Waals surface area contributed by atoms with Crippen molar-refractivity contribution in [1.29, 1.82) is 0 Å². The van der Waals surface area contributed by atoms with Crippen molar-refractivity contribution in [1.82, 2.24) is 5.32 Å². The van der Waals surface area contributed by atoms with E-state index in [1.54, 1.807) is 0 Å². The summed E-state index contributed by atoms with van der Waals surface area (Å²) in [6.07, 6.45) is 0. The lowest BCUT2D eigenvalue weighted by molar-refractivity contribution is 0.560. The maximum Gasteiger partial charge on any atom is 0.130 e. The third-order valence-electron chi connectivity index (χ3n) is 3.48. The molecule has 0 unspecified atom stereocenters. The maximum atomic E-state index is 13.5. The Hall–Kier alpha value is -1.52. The molecular formula is C17H21F2NSi. The van der Waals surface area contributed by atoms with Gasteiger partial charge < -0.3 is 5.32 Å². The quantitative estimate of drug-likeness (QED) is 0.829. The minimum absolute atomic E-state index is 0.391. The normalized spacial score (nSPS) is 11.7. The fourth-order valence-corrected chi connectivity index (χ4v) is 3.30. The molecule has 21 heavy (non-hydrogen) atoms. The van der Waals surface area contributed by atoms with Gasteiger partial charge in [0.1, 0.15) is 11.6 Å². The second-order valence-corrected chi connectivity index (χ2v) is 11.4. The van der Waals surface area contributed by atoms with Gasteiger partial charge in [0.2, 0.25) is 0 Å². The summed E-state index contributed by atoms with van der Waals surface area (Å²) in [7, 11) is -1.26. The van der Waals surface area contributed by atoms with E-state index >= 15 is 0 Å². The van der Waals surface area contributed by atoms with Crippen molar-refractivity contribution in [2.24, 2.45) is 0 Å². The van der Waals surface area contributed by atoms with Crippen molar-refractivity contribution in [2.75, 3.05) is 0 Å². The molecule has 2 aromatic carbocycles. The van der Waals surface area contributed by atoms with Crippen LogP contribution >= 0.6 is 0 Å². The fraction of sp³-hybridized carbons (Fsp3) is 0.294. The van der Waals surface area contributed by atoms with E-state index in [1.165, 1.54) is 22.9 Å². The maximum absolute atomic E-state index is 13.5. The van der Waals surface area contributed by atoms with E-state index in [1.807, 2.05) is 0 Å². The Bertz CT molecular complexity index is 603. The zero-order chi connectivity index (χ0) is 15.5. The summed E-state index contributed by atoms with van der Waals surface area (Å²) in [5, 5.41) is 4.61. The van der Waals surface area contributed by atoms with Gasteiger partial charge in [-0.25, -0.2) is 8.78 Å². The summed E-state index contributed by atoms with van der Waals surface area (Å²) >= 11 is 0. The average Bonchev–Trinajstić information content (AvgIpc) is 2.41. The van der Waals surface area contributed by atoms with E-state index in [0.29, 0.717) is 18.7 Å². The van der Waals surface area contributed by atoms with Gasteiger partial charge in [0.05, 0.1) is 8.07 Å². The average molecular weight is 305 g/mol. The largest absolute Gasteiger partial charge is 0.309 e. The first-order chi connectivity index (χ1) is 9.86. The molecule has 112 valence electrons. The van der Waals surface area contributed by atoms with Gasteiger partial charge in [0.15, 0.2) is 0 Å². The summed E-state index contributed by atoms with van der Waals surface area (Å²) in [4.78, 5) is 0. The summed E-state index contributed by atoms with van der Waals surface area (Å²) < 4.78 is 26.3. The van der Waals surface area contributed by atoms with Crippen molar-refractivity contribution in [3.8, 4) is 0 Å². The van der Waals surface area contributed by atoms with Crippen LogP contribution in [0.15, 0.2) is 42.5 Å². The van der Waals surface area contributed by atoms with Crippen molar-refractivity contribution >= 4 is 13.3 Å². The molecule has 0 radical (unpaired) electrons. The predicted octanol–water partition coefficient (Wildman–Crippen LogP) is 3.80.